The fourth-order valence-electron chi connectivity index (χ4n) is 2.33. The molecule has 0 amide bonds. The molecule has 0 saturated heterocycles. The molecule has 7 nitrogen and oxygen atoms in total. The van der Waals surface area contributed by atoms with Gasteiger partial charge in [0.1, 0.15) is 17.4 Å². The monoisotopic (exact) mass is 313 g/mol. The van der Waals surface area contributed by atoms with Crippen LogP contribution in [0.15, 0.2) is 30.6 Å². The number of hydrogen-bond acceptors (Lipinski definition) is 6. The Morgan fingerprint density at radius 3 is 2.78 bits per heavy atom. The van der Waals surface area contributed by atoms with Crippen molar-refractivity contribution in [3.63, 3.8) is 0 Å². The number of nitrogens with one attached hydrogen (secondary N) is 1. The second kappa shape index (κ2) is 6.62. The van der Waals surface area contributed by atoms with Crippen molar-refractivity contribution < 1.29 is 9.47 Å². The molecular formula is C16H19N5O2. The van der Waals surface area contributed by atoms with Crippen LogP contribution in [0.3, 0.4) is 0 Å². The summed E-state index contributed by atoms with van der Waals surface area (Å²) in [5.41, 5.74) is 0.837. The smallest absolute Gasteiger partial charge is 0.237 e. The summed E-state index contributed by atoms with van der Waals surface area (Å²) < 4.78 is 12.2. The van der Waals surface area contributed by atoms with Crippen LogP contribution in [0.4, 0.5) is 5.82 Å². The van der Waals surface area contributed by atoms with Gasteiger partial charge in [-0.3, -0.25) is 4.57 Å². The van der Waals surface area contributed by atoms with Crippen molar-refractivity contribution in [1.29, 1.82) is 0 Å². The van der Waals surface area contributed by atoms with Crippen molar-refractivity contribution in [3.8, 4) is 11.7 Å². The van der Waals surface area contributed by atoms with Crippen molar-refractivity contribution in [2.45, 2.75) is 6.92 Å². The lowest BCUT2D eigenvalue weighted by Crippen LogP contribution is -2.12. The van der Waals surface area contributed by atoms with E-state index in [1.165, 1.54) is 0 Å². The van der Waals surface area contributed by atoms with Crippen LogP contribution in [-0.2, 0) is 4.74 Å². The number of ether oxygens (including phenoxy) is 2. The van der Waals surface area contributed by atoms with Crippen LogP contribution in [0.25, 0.3) is 16.9 Å². The van der Waals surface area contributed by atoms with E-state index in [1.807, 2.05) is 35.9 Å². The average molecular weight is 313 g/mol. The van der Waals surface area contributed by atoms with Gasteiger partial charge in [0.25, 0.3) is 0 Å². The van der Waals surface area contributed by atoms with Crippen LogP contribution in [0.1, 0.15) is 5.82 Å². The Kier molecular flexibility index (Phi) is 4.38. The molecule has 2 aromatic heterocycles. The van der Waals surface area contributed by atoms with E-state index in [4.69, 9.17) is 9.47 Å². The van der Waals surface area contributed by atoms with Crippen molar-refractivity contribution >= 4 is 16.7 Å². The van der Waals surface area contributed by atoms with Gasteiger partial charge in [-0.05, 0) is 25.1 Å². The molecule has 0 fully saturated rings. The number of hydrogen-bond donors (Lipinski definition) is 1. The molecule has 120 valence electrons. The fraction of sp³-hybridized carbons (Fsp3) is 0.312. The first kappa shape index (κ1) is 15.2. The highest BCUT2D eigenvalue weighted by Gasteiger charge is 2.11. The van der Waals surface area contributed by atoms with Gasteiger partial charge in [-0.25, -0.2) is 9.97 Å². The molecule has 0 aliphatic heterocycles. The molecule has 0 atom stereocenters. The van der Waals surface area contributed by atoms with Crippen LogP contribution >= 0.6 is 0 Å². The third-order valence-electron chi connectivity index (χ3n) is 3.53. The van der Waals surface area contributed by atoms with E-state index in [9.17, 15) is 0 Å². The zero-order chi connectivity index (χ0) is 16.2. The second-order valence-corrected chi connectivity index (χ2v) is 5.02. The van der Waals surface area contributed by atoms with Crippen LogP contribution in [0.5, 0.6) is 5.75 Å². The molecule has 1 aromatic carbocycles. The Morgan fingerprint density at radius 1 is 1.22 bits per heavy atom. The van der Waals surface area contributed by atoms with E-state index in [2.05, 4.69) is 20.3 Å². The SMILES string of the molecule is COCCNc1nc(-n2ccnc2C)nc2ccc(OC)cc12. The molecule has 23 heavy (non-hydrogen) atoms. The Balaban J connectivity index is 2.11. The van der Waals surface area contributed by atoms with Gasteiger partial charge in [0.15, 0.2) is 0 Å². The van der Waals surface area contributed by atoms with Crippen LogP contribution < -0.4 is 10.1 Å². The average Bonchev–Trinajstić information content (AvgIpc) is 3.00. The first-order valence-corrected chi connectivity index (χ1v) is 7.32. The summed E-state index contributed by atoms with van der Waals surface area (Å²) in [5.74, 6) is 2.93. The van der Waals surface area contributed by atoms with Gasteiger partial charge in [-0.15, -0.1) is 0 Å². The third kappa shape index (κ3) is 3.09. The van der Waals surface area contributed by atoms with Gasteiger partial charge >= 0.3 is 0 Å². The first-order chi connectivity index (χ1) is 11.2. The van der Waals surface area contributed by atoms with Crippen molar-refractivity contribution in [2.24, 2.45) is 0 Å². The molecular weight excluding hydrogens is 294 g/mol. The van der Waals surface area contributed by atoms with Crippen molar-refractivity contribution in [3.05, 3.63) is 36.4 Å². The summed E-state index contributed by atoms with van der Waals surface area (Å²) in [5, 5.41) is 4.20. The zero-order valence-electron chi connectivity index (χ0n) is 13.4. The molecule has 7 heteroatoms. The normalized spacial score (nSPS) is 10.9. The second-order valence-electron chi connectivity index (χ2n) is 5.02. The van der Waals surface area contributed by atoms with Crippen LogP contribution in [-0.4, -0.2) is 46.9 Å². The predicted molar refractivity (Wildman–Crippen MR) is 88.3 cm³/mol. The number of imidazole rings is 1. The molecule has 2 heterocycles. The lowest BCUT2D eigenvalue weighted by Gasteiger charge is -2.12. The highest BCUT2D eigenvalue weighted by atomic mass is 16.5. The summed E-state index contributed by atoms with van der Waals surface area (Å²) in [7, 11) is 3.31. The maximum absolute atomic E-state index is 5.30. The van der Waals surface area contributed by atoms with Gasteiger partial charge in [0.05, 0.1) is 19.2 Å². The van der Waals surface area contributed by atoms with E-state index in [0.717, 1.165) is 28.3 Å². The predicted octanol–water partition coefficient (Wildman–Crippen LogP) is 2.19. The molecule has 0 unspecified atom stereocenters. The molecule has 0 aliphatic rings. The number of anilines is 1. The molecule has 3 rings (SSSR count). The molecule has 0 saturated carbocycles. The molecule has 3 aromatic rings. The lowest BCUT2D eigenvalue weighted by molar-refractivity contribution is 0.210. The molecule has 0 radical (unpaired) electrons. The summed E-state index contributed by atoms with van der Waals surface area (Å²) in [6.07, 6.45) is 3.58. The quantitative estimate of drug-likeness (QED) is 0.703. The number of nitrogens with zero attached hydrogens (tertiary/aromatic N) is 4. The third-order valence-corrected chi connectivity index (χ3v) is 3.53. The number of aromatic nitrogens is 4. The maximum atomic E-state index is 5.30. The van der Waals surface area contributed by atoms with E-state index in [0.29, 0.717) is 19.1 Å². The number of rotatable bonds is 6. The maximum Gasteiger partial charge on any atom is 0.237 e. The van der Waals surface area contributed by atoms with Gasteiger partial charge < -0.3 is 14.8 Å². The van der Waals surface area contributed by atoms with Crippen molar-refractivity contribution in [1.82, 2.24) is 19.5 Å². The number of fused-ring (bicyclic) bond motifs is 1. The number of methoxy groups -OCH3 is 2. The Bertz CT molecular complexity index is 815. The van der Waals surface area contributed by atoms with Crippen LogP contribution in [0, 0.1) is 6.92 Å². The number of benzene rings is 1. The minimum Gasteiger partial charge on any atom is -0.497 e. The highest BCUT2D eigenvalue weighted by Crippen LogP contribution is 2.26. The van der Waals surface area contributed by atoms with Gasteiger partial charge in [-0.2, -0.15) is 4.98 Å². The Labute approximate surface area is 134 Å². The highest BCUT2D eigenvalue weighted by molar-refractivity contribution is 5.90. The van der Waals surface area contributed by atoms with E-state index in [-0.39, 0.29) is 0 Å². The molecule has 0 bridgehead atoms. The lowest BCUT2D eigenvalue weighted by atomic mass is 10.2. The summed E-state index contributed by atoms with van der Waals surface area (Å²) in [6, 6.07) is 5.74. The van der Waals surface area contributed by atoms with E-state index < -0.39 is 0 Å². The first-order valence-electron chi connectivity index (χ1n) is 7.32. The largest absolute Gasteiger partial charge is 0.497 e. The Hall–Kier alpha value is -2.67. The zero-order valence-corrected chi connectivity index (χ0v) is 13.4. The minimum absolute atomic E-state index is 0.581. The fourth-order valence-corrected chi connectivity index (χ4v) is 2.33. The summed E-state index contributed by atoms with van der Waals surface area (Å²) in [6.45, 7) is 3.16. The van der Waals surface area contributed by atoms with Gasteiger partial charge in [0, 0.05) is 31.4 Å². The summed E-state index contributed by atoms with van der Waals surface area (Å²) >= 11 is 0. The molecule has 1 N–H and O–H groups in total. The topological polar surface area (TPSA) is 74.1 Å². The Morgan fingerprint density at radius 2 is 2.09 bits per heavy atom. The summed E-state index contributed by atoms with van der Waals surface area (Å²) in [4.78, 5) is 13.5. The van der Waals surface area contributed by atoms with E-state index in [1.54, 1.807) is 20.4 Å². The van der Waals surface area contributed by atoms with E-state index >= 15 is 0 Å². The number of aryl methyl sites for hydroxylation is 1. The van der Waals surface area contributed by atoms with Crippen molar-refractivity contribution in [2.75, 3.05) is 32.7 Å². The molecule has 0 aliphatic carbocycles. The molecule has 0 spiro atoms. The van der Waals surface area contributed by atoms with Crippen LogP contribution in [0.2, 0.25) is 0 Å². The standard InChI is InChI=1S/C16H19N5O2/c1-11-17-6-8-21(11)16-19-14-5-4-12(23-3)10-13(14)15(20-16)18-7-9-22-2/h4-6,8,10H,7,9H2,1-3H3,(H,18,19,20). The minimum atomic E-state index is 0.581. The van der Waals surface area contributed by atoms with Gasteiger partial charge in [-0.1, -0.05) is 0 Å². The van der Waals surface area contributed by atoms with Gasteiger partial charge in [0.2, 0.25) is 5.95 Å².